The highest BCUT2D eigenvalue weighted by atomic mass is 32.1. The number of amides is 1. The Bertz CT molecular complexity index is 1740. The van der Waals surface area contributed by atoms with Crippen LogP contribution in [0.25, 0.3) is 39.4 Å². The number of benzene rings is 2. The molecule has 0 fully saturated rings. The van der Waals surface area contributed by atoms with Crippen molar-refractivity contribution in [2.45, 2.75) is 6.42 Å². The number of nitrogens with zero attached hydrogens (tertiary/aromatic N) is 4. The van der Waals surface area contributed by atoms with Gasteiger partial charge in [0.25, 0.3) is 0 Å². The van der Waals surface area contributed by atoms with E-state index in [1.54, 1.807) is 23.6 Å². The van der Waals surface area contributed by atoms with Crippen molar-refractivity contribution in [3.63, 3.8) is 0 Å². The first-order valence-electron chi connectivity index (χ1n) is 11.7. The minimum atomic E-state index is -0.493. The van der Waals surface area contributed by atoms with Gasteiger partial charge in [-0.25, -0.2) is 15.0 Å². The van der Waals surface area contributed by atoms with Crippen molar-refractivity contribution >= 4 is 34.2 Å². The van der Waals surface area contributed by atoms with Gasteiger partial charge in [0.1, 0.15) is 11.3 Å². The molecular weight excluding hydrogens is 480 g/mol. The smallest absolute Gasteiger partial charge is 0.249 e. The number of imidazole rings is 1. The van der Waals surface area contributed by atoms with Gasteiger partial charge in [0.05, 0.1) is 11.3 Å². The fourth-order valence-corrected chi connectivity index (χ4v) is 5.23. The molecule has 6 aromatic rings. The molecule has 6 rings (SSSR count). The molecule has 0 aliphatic rings. The summed E-state index contributed by atoms with van der Waals surface area (Å²) in [5, 5.41) is 4.11. The molecule has 37 heavy (non-hydrogen) atoms. The van der Waals surface area contributed by atoms with Crippen LogP contribution in [0.3, 0.4) is 0 Å². The van der Waals surface area contributed by atoms with E-state index in [2.05, 4.69) is 16.4 Å². The third-order valence-electron chi connectivity index (χ3n) is 6.31. The summed E-state index contributed by atoms with van der Waals surface area (Å²) in [6.45, 7) is 0. The van der Waals surface area contributed by atoms with E-state index in [1.165, 1.54) is 0 Å². The fraction of sp³-hybridized carbons (Fsp3) is 0.0345. The van der Waals surface area contributed by atoms with Gasteiger partial charge in [-0.1, -0.05) is 36.4 Å². The lowest BCUT2D eigenvalue weighted by molar-refractivity contribution is 0.0999. The van der Waals surface area contributed by atoms with Crippen LogP contribution >= 0.6 is 11.3 Å². The van der Waals surface area contributed by atoms with Gasteiger partial charge in [0.2, 0.25) is 5.91 Å². The Kier molecular flexibility index (Phi) is 5.71. The summed E-state index contributed by atoms with van der Waals surface area (Å²) >= 11 is 1.63. The minimum Gasteiger partial charge on any atom is -0.383 e. The molecule has 0 spiro atoms. The predicted molar refractivity (Wildman–Crippen MR) is 148 cm³/mol. The molecule has 180 valence electrons. The number of hydrogen-bond donors (Lipinski definition) is 2. The Labute approximate surface area is 217 Å². The minimum absolute atomic E-state index is 0.354. The molecule has 4 aromatic heterocycles. The van der Waals surface area contributed by atoms with E-state index in [1.807, 2.05) is 76.8 Å². The third kappa shape index (κ3) is 4.13. The molecule has 1 amide bonds. The number of thiophene rings is 1. The monoisotopic (exact) mass is 502 g/mol. The molecule has 4 heterocycles. The number of carbonyl (C=O) groups excluding carboxylic acids is 1. The molecule has 0 unspecified atom stereocenters. The maximum absolute atomic E-state index is 12.5. The van der Waals surface area contributed by atoms with Gasteiger partial charge in [-0.3, -0.25) is 9.36 Å². The number of rotatable bonds is 6. The van der Waals surface area contributed by atoms with Crippen LogP contribution in [0.5, 0.6) is 0 Å². The summed E-state index contributed by atoms with van der Waals surface area (Å²) in [6, 6.07) is 23.3. The second-order valence-corrected chi connectivity index (χ2v) is 9.40. The highest BCUT2D eigenvalue weighted by Crippen LogP contribution is 2.34. The van der Waals surface area contributed by atoms with E-state index in [0.717, 1.165) is 27.9 Å². The first kappa shape index (κ1) is 22.6. The first-order chi connectivity index (χ1) is 18.1. The summed E-state index contributed by atoms with van der Waals surface area (Å²) in [5.74, 6) is 0.451. The number of carbonyl (C=O) groups is 1. The van der Waals surface area contributed by atoms with Crippen LogP contribution in [-0.2, 0) is 6.42 Å². The molecule has 0 saturated carbocycles. The molecular formula is C29H22N6OS. The van der Waals surface area contributed by atoms with Gasteiger partial charge in [-0.2, -0.15) is 11.3 Å². The van der Waals surface area contributed by atoms with Crippen LogP contribution < -0.4 is 11.5 Å². The van der Waals surface area contributed by atoms with E-state index in [0.29, 0.717) is 40.4 Å². The Hall–Kier alpha value is -4.82. The van der Waals surface area contributed by atoms with E-state index in [9.17, 15) is 4.79 Å². The number of pyridine rings is 2. The number of hydrogen-bond acceptors (Lipinski definition) is 6. The molecule has 0 aliphatic carbocycles. The molecule has 0 atom stereocenters. The van der Waals surface area contributed by atoms with Crippen molar-refractivity contribution in [1.29, 1.82) is 0 Å². The molecule has 7 nitrogen and oxygen atoms in total. The Morgan fingerprint density at radius 3 is 2.57 bits per heavy atom. The Morgan fingerprint density at radius 1 is 0.946 bits per heavy atom. The van der Waals surface area contributed by atoms with Crippen LogP contribution in [0.15, 0.2) is 96.0 Å². The van der Waals surface area contributed by atoms with E-state index in [-0.39, 0.29) is 0 Å². The summed E-state index contributed by atoms with van der Waals surface area (Å²) in [5.41, 5.74) is 19.3. The summed E-state index contributed by atoms with van der Waals surface area (Å²) in [4.78, 5) is 26.6. The maximum atomic E-state index is 12.5. The van der Waals surface area contributed by atoms with Crippen molar-refractivity contribution in [1.82, 2.24) is 19.5 Å². The number of nitrogen functional groups attached to an aromatic ring is 1. The maximum Gasteiger partial charge on any atom is 0.249 e. The highest BCUT2D eigenvalue weighted by Gasteiger charge is 2.22. The standard InChI is InChI=1S/C29H22N6OS/c30-26-22(9-5-12-32-26)28-34-24-15-20(19-11-13-37-17-19)16-33-29(24)35(28)25-10-4-8-21(27(31)36)23(25)14-18-6-2-1-3-7-18/h1-13,15-17H,14H2,(H2,30,32)(H2,31,36). The molecule has 2 aromatic carbocycles. The van der Waals surface area contributed by atoms with Gasteiger partial charge >= 0.3 is 0 Å². The zero-order valence-electron chi connectivity index (χ0n) is 19.7. The summed E-state index contributed by atoms with van der Waals surface area (Å²) in [7, 11) is 0. The molecule has 8 heteroatoms. The van der Waals surface area contributed by atoms with Crippen molar-refractivity contribution < 1.29 is 4.79 Å². The lowest BCUT2D eigenvalue weighted by Gasteiger charge is -2.17. The van der Waals surface area contributed by atoms with Crippen LogP contribution in [0.1, 0.15) is 21.5 Å². The SMILES string of the molecule is NC(=O)c1cccc(-n2c(-c3cccnc3N)nc3cc(-c4ccsc4)cnc32)c1Cc1ccccc1. The molecule has 0 aliphatic heterocycles. The van der Waals surface area contributed by atoms with Crippen molar-refractivity contribution in [2.24, 2.45) is 5.73 Å². The average molecular weight is 503 g/mol. The van der Waals surface area contributed by atoms with E-state index >= 15 is 0 Å². The van der Waals surface area contributed by atoms with Crippen LogP contribution in [-0.4, -0.2) is 25.4 Å². The number of fused-ring (bicyclic) bond motifs is 1. The van der Waals surface area contributed by atoms with Crippen LogP contribution in [0.2, 0.25) is 0 Å². The molecule has 0 bridgehead atoms. The largest absolute Gasteiger partial charge is 0.383 e. The topological polar surface area (TPSA) is 113 Å². The van der Waals surface area contributed by atoms with Gasteiger partial charge in [0.15, 0.2) is 11.5 Å². The summed E-state index contributed by atoms with van der Waals surface area (Å²) < 4.78 is 1.95. The van der Waals surface area contributed by atoms with Crippen LogP contribution in [0.4, 0.5) is 5.82 Å². The fourth-order valence-electron chi connectivity index (χ4n) is 4.57. The summed E-state index contributed by atoms with van der Waals surface area (Å²) in [6.07, 6.45) is 3.99. The van der Waals surface area contributed by atoms with Crippen molar-refractivity contribution in [3.05, 3.63) is 113 Å². The zero-order chi connectivity index (χ0) is 25.4. The number of anilines is 1. The van der Waals surface area contributed by atoms with Gasteiger partial charge in [-0.15, -0.1) is 0 Å². The number of aromatic nitrogens is 4. The van der Waals surface area contributed by atoms with E-state index in [4.69, 9.17) is 21.4 Å². The first-order valence-corrected chi connectivity index (χ1v) is 12.6. The Balaban J connectivity index is 1.65. The normalized spacial score (nSPS) is 11.1. The van der Waals surface area contributed by atoms with Gasteiger partial charge in [-0.05, 0) is 63.8 Å². The Morgan fingerprint density at radius 2 is 1.81 bits per heavy atom. The quantitative estimate of drug-likeness (QED) is 0.313. The predicted octanol–water partition coefficient (Wildman–Crippen LogP) is 5.48. The van der Waals surface area contributed by atoms with Crippen molar-refractivity contribution in [3.8, 4) is 28.2 Å². The van der Waals surface area contributed by atoms with Gasteiger partial charge < -0.3 is 11.5 Å². The van der Waals surface area contributed by atoms with Crippen LogP contribution in [0, 0.1) is 0 Å². The number of nitrogens with two attached hydrogens (primary N) is 2. The third-order valence-corrected chi connectivity index (χ3v) is 7.00. The highest BCUT2D eigenvalue weighted by molar-refractivity contribution is 7.08. The lowest BCUT2D eigenvalue weighted by atomic mass is 9.97. The average Bonchev–Trinajstić information content (AvgIpc) is 3.58. The molecule has 0 saturated heterocycles. The molecule has 0 radical (unpaired) electrons. The number of primary amides is 1. The second kappa shape index (κ2) is 9.33. The zero-order valence-corrected chi connectivity index (χ0v) is 20.5. The lowest BCUT2D eigenvalue weighted by Crippen LogP contribution is -2.16. The van der Waals surface area contributed by atoms with Gasteiger partial charge in [0, 0.05) is 29.9 Å². The second-order valence-electron chi connectivity index (χ2n) is 8.62. The van der Waals surface area contributed by atoms with Crippen molar-refractivity contribution in [2.75, 3.05) is 5.73 Å². The van der Waals surface area contributed by atoms with E-state index < -0.39 is 5.91 Å². The molecule has 4 N–H and O–H groups in total.